The molecule has 2 aromatic carbocycles. The zero-order chi connectivity index (χ0) is 17.1. The van der Waals surface area contributed by atoms with Gasteiger partial charge in [0, 0.05) is 5.69 Å². The largest absolute Gasteiger partial charge is 0.453 e. The van der Waals surface area contributed by atoms with Crippen LogP contribution < -0.4 is 10.2 Å². The van der Waals surface area contributed by atoms with E-state index in [2.05, 4.69) is 10.1 Å². The molecular formula is C18H17ClN2O3. The Morgan fingerprint density at radius 1 is 1.12 bits per heavy atom. The van der Waals surface area contributed by atoms with Crippen molar-refractivity contribution < 1.29 is 14.3 Å². The summed E-state index contributed by atoms with van der Waals surface area (Å²) in [6.07, 6.45) is 1.08. The van der Waals surface area contributed by atoms with Gasteiger partial charge in [-0.1, -0.05) is 24.3 Å². The molecule has 0 atom stereocenters. The van der Waals surface area contributed by atoms with E-state index in [9.17, 15) is 9.59 Å². The molecule has 0 radical (unpaired) electrons. The standard InChI is InChI=1S/C18H17ClN2O3/c1-24-18(23)20-14-9-8-13-7-6-12-4-2-3-5-15(12)21(16(13)10-14)17(22)11-19/h2-5,8-10H,6-7,11H2,1H3,(H,20,23). The van der Waals surface area contributed by atoms with Gasteiger partial charge in [0.15, 0.2) is 0 Å². The van der Waals surface area contributed by atoms with Crippen molar-refractivity contribution in [2.75, 3.05) is 23.2 Å². The lowest BCUT2D eigenvalue weighted by atomic mass is 10.0. The highest BCUT2D eigenvalue weighted by atomic mass is 35.5. The lowest BCUT2D eigenvalue weighted by Crippen LogP contribution is -2.28. The highest BCUT2D eigenvalue weighted by Gasteiger charge is 2.25. The quantitative estimate of drug-likeness (QED) is 0.841. The van der Waals surface area contributed by atoms with E-state index >= 15 is 0 Å². The lowest BCUT2D eigenvalue weighted by Gasteiger charge is -2.24. The third-order valence-electron chi connectivity index (χ3n) is 4.02. The molecule has 24 heavy (non-hydrogen) atoms. The fourth-order valence-electron chi connectivity index (χ4n) is 2.90. The molecule has 6 heteroatoms. The second-order valence-electron chi connectivity index (χ2n) is 5.45. The first kappa shape index (κ1) is 16.3. The molecule has 2 aromatic rings. The summed E-state index contributed by atoms with van der Waals surface area (Å²) in [5, 5.41) is 2.63. The first-order chi connectivity index (χ1) is 11.6. The van der Waals surface area contributed by atoms with Crippen LogP contribution >= 0.6 is 11.6 Å². The number of hydrogen-bond acceptors (Lipinski definition) is 3. The molecule has 1 heterocycles. The summed E-state index contributed by atoms with van der Waals surface area (Å²) in [5.41, 5.74) is 4.25. The Labute approximate surface area is 145 Å². The molecule has 0 unspecified atom stereocenters. The zero-order valence-electron chi connectivity index (χ0n) is 13.2. The number of rotatable bonds is 2. The number of benzene rings is 2. The van der Waals surface area contributed by atoms with Gasteiger partial charge in [-0.3, -0.25) is 15.0 Å². The molecule has 0 bridgehead atoms. The van der Waals surface area contributed by atoms with Gasteiger partial charge in [0.1, 0.15) is 5.88 Å². The normalized spacial score (nSPS) is 12.7. The number of halogens is 1. The van der Waals surface area contributed by atoms with Crippen molar-refractivity contribution in [2.24, 2.45) is 0 Å². The third-order valence-corrected chi connectivity index (χ3v) is 4.25. The number of carbonyl (C=O) groups is 2. The summed E-state index contributed by atoms with van der Waals surface area (Å²) < 4.78 is 4.62. The van der Waals surface area contributed by atoms with Crippen LogP contribution in [0.15, 0.2) is 42.5 Å². The summed E-state index contributed by atoms with van der Waals surface area (Å²) in [6.45, 7) is 0. The van der Waals surface area contributed by atoms with Crippen molar-refractivity contribution >= 4 is 40.7 Å². The second kappa shape index (κ2) is 6.93. The first-order valence-electron chi connectivity index (χ1n) is 7.58. The Morgan fingerprint density at radius 2 is 1.83 bits per heavy atom. The van der Waals surface area contributed by atoms with Crippen LogP contribution in [0.4, 0.5) is 21.9 Å². The van der Waals surface area contributed by atoms with Gasteiger partial charge in [0.2, 0.25) is 5.91 Å². The van der Waals surface area contributed by atoms with E-state index in [0.717, 1.165) is 35.3 Å². The van der Waals surface area contributed by atoms with Gasteiger partial charge >= 0.3 is 6.09 Å². The molecule has 5 nitrogen and oxygen atoms in total. The number of aryl methyl sites for hydroxylation is 2. The monoisotopic (exact) mass is 344 g/mol. The number of alkyl halides is 1. The van der Waals surface area contributed by atoms with Gasteiger partial charge in [-0.25, -0.2) is 4.79 Å². The molecule has 3 rings (SSSR count). The maximum atomic E-state index is 12.5. The van der Waals surface area contributed by atoms with Gasteiger partial charge in [-0.15, -0.1) is 11.6 Å². The van der Waals surface area contributed by atoms with Crippen LogP contribution in [0.5, 0.6) is 0 Å². The molecule has 0 fully saturated rings. The molecule has 0 aromatic heterocycles. The topological polar surface area (TPSA) is 58.6 Å². The minimum Gasteiger partial charge on any atom is -0.453 e. The maximum Gasteiger partial charge on any atom is 0.411 e. The number of para-hydroxylation sites is 1. The van der Waals surface area contributed by atoms with Crippen molar-refractivity contribution in [1.29, 1.82) is 0 Å². The molecular weight excluding hydrogens is 328 g/mol. The van der Waals surface area contributed by atoms with Crippen LogP contribution in [0.1, 0.15) is 11.1 Å². The van der Waals surface area contributed by atoms with Crippen LogP contribution in [0, 0.1) is 0 Å². The molecule has 0 aliphatic carbocycles. The Balaban J connectivity index is 2.11. The highest BCUT2D eigenvalue weighted by molar-refractivity contribution is 6.30. The predicted octanol–water partition coefficient (Wildman–Crippen LogP) is 3.87. The van der Waals surface area contributed by atoms with E-state index in [1.165, 1.54) is 7.11 Å². The maximum absolute atomic E-state index is 12.5. The lowest BCUT2D eigenvalue weighted by molar-refractivity contribution is -0.115. The second-order valence-corrected chi connectivity index (χ2v) is 5.72. The zero-order valence-corrected chi connectivity index (χ0v) is 14.0. The van der Waals surface area contributed by atoms with Crippen LogP contribution in [0.3, 0.4) is 0 Å². The van der Waals surface area contributed by atoms with E-state index in [0.29, 0.717) is 5.69 Å². The fourth-order valence-corrected chi connectivity index (χ4v) is 3.02. The van der Waals surface area contributed by atoms with Crippen LogP contribution in [0.25, 0.3) is 0 Å². The van der Waals surface area contributed by atoms with Crippen LogP contribution in [-0.2, 0) is 22.4 Å². The van der Waals surface area contributed by atoms with E-state index in [1.54, 1.807) is 17.0 Å². The number of methoxy groups -OCH3 is 1. The predicted molar refractivity (Wildman–Crippen MR) is 94.2 cm³/mol. The number of anilines is 3. The molecule has 1 N–H and O–H groups in total. The smallest absolute Gasteiger partial charge is 0.411 e. The van der Waals surface area contributed by atoms with Gasteiger partial charge in [0.05, 0.1) is 18.5 Å². The van der Waals surface area contributed by atoms with Gasteiger partial charge < -0.3 is 4.74 Å². The average molecular weight is 345 g/mol. The number of amides is 2. The molecule has 124 valence electrons. The van der Waals surface area contributed by atoms with Crippen molar-refractivity contribution in [1.82, 2.24) is 0 Å². The molecule has 0 saturated heterocycles. The minimum atomic E-state index is -0.556. The number of hydrogen-bond donors (Lipinski definition) is 1. The highest BCUT2D eigenvalue weighted by Crippen LogP contribution is 2.37. The first-order valence-corrected chi connectivity index (χ1v) is 8.12. The van der Waals surface area contributed by atoms with Crippen molar-refractivity contribution in [3.05, 3.63) is 53.6 Å². The summed E-state index contributed by atoms with van der Waals surface area (Å²) >= 11 is 5.84. The van der Waals surface area contributed by atoms with Gasteiger partial charge in [-0.05, 0) is 42.2 Å². The van der Waals surface area contributed by atoms with Gasteiger partial charge in [0.25, 0.3) is 0 Å². The molecule has 2 amide bonds. The summed E-state index contributed by atoms with van der Waals surface area (Å²) in [6, 6.07) is 13.3. The Kier molecular flexibility index (Phi) is 4.71. The van der Waals surface area contributed by atoms with Crippen molar-refractivity contribution in [3.8, 4) is 0 Å². The number of nitrogens with one attached hydrogen (secondary N) is 1. The summed E-state index contributed by atoms with van der Waals surface area (Å²) in [4.78, 5) is 25.6. The molecule has 1 aliphatic rings. The van der Waals surface area contributed by atoms with E-state index < -0.39 is 6.09 Å². The van der Waals surface area contributed by atoms with E-state index in [-0.39, 0.29) is 11.8 Å². The molecule has 1 aliphatic heterocycles. The Bertz CT molecular complexity index is 792. The van der Waals surface area contributed by atoms with Crippen LogP contribution in [0.2, 0.25) is 0 Å². The third kappa shape index (κ3) is 3.08. The van der Waals surface area contributed by atoms with Crippen molar-refractivity contribution in [2.45, 2.75) is 12.8 Å². The molecule has 0 spiro atoms. The summed E-state index contributed by atoms with van der Waals surface area (Å²) in [7, 11) is 1.30. The Morgan fingerprint density at radius 3 is 2.54 bits per heavy atom. The summed E-state index contributed by atoms with van der Waals surface area (Å²) in [5.74, 6) is -0.329. The number of nitrogens with zero attached hydrogens (tertiary/aromatic N) is 1. The van der Waals surface area contributed by atoms with E-state index in [4.69, 9.17) is 11.6 Å². The van der Waals surface area contributed by atoms with E-state index in [1.807, 2.05) is 30.3 Å². The minimum absolute atomic E-state index is 0.123. The molecule has 0 saturated carbocycles. The number of fused-ring (bicyclic) bond motifs is 2. The number of carbonyl (C=O) groups excluding carboxylic acids is 2. The van der Waals surface area contributed by atoms with Crippen LogP contribution in [-0.4, -0.2) is 25.0 Å². The van der Waals surface area contributed by atoms with Crippen molar-refractivity contribution in [3.63, 3.8) is 0 Å². The number of ether oxygens (including phenoxy) is 1. The Hall–Kier alpha value is -2.53. The average Bonchev–Trinajstić information content (AvgIpc) is 2.77. The van der Waals surface area contributed by atoms with Gasteiger partial charge in [-0.2, -0.15) is 0 Å². The SMILES string of the molecule is COC(=O)Nc1ccc2c(c1)N(C(=O)CCl)c1ccccc1CC2. The fraction of sp³-hybridized carbons (Fsp3) is 0.222.